The van der Waals surface area contributed by atoms with E-state index in [9.17, 15) is 4.79 Å². The molecule has 0 aromatic heterocycles. The highest BCUT2D eigenvalue weighted by Crippen LogP contribution is 2.38. The molecule has 8 heteroatoms. The molecule has 5 nitrogen and oxygen atoms in total. The number of rotatable bonds is 5. The molecule has 1 atom stereocenters. The van der Waals surface area contributed by atoms with Gasteiger partial charge in [0.15, 0.2) is 0 Å². The lowest BCUT2D eigenvalue weighted by molar-refractivity contribution is 0.151. The van der Waals surface area contributed by atoms with Crippen molar-refractivity contribution in [3.05, 3.63) is 63.1 Å². The van der Waals surface area contributed by atoms with E-state index in [-0.39, 0.29) is 18.3 Å². The Morgan fingerprint density at radius 2 is 1.93 bits per heavy atom. The van der Waals surface area contributed by atoms with E-state index in [2.05, 4.69) is 17.3 Å². The van der Waals surface area contributed by atoms with Gasteiger partial charge in [0.05, 0.1) is 0 Å². The summed E-state index contributed by atoms with van der Waals surface area (Å²) in [6, 6.07) is 11.6. The second-order valence-electron chi connectivity index (χ2n) is 7.39. The molecular formula is C21H26Cl3N3O2. The van der Waals surface area contributed by atoms with Gasteiger partial charge in [-0.1, -0.05) is 35.3 Å². The molecular weight excluding hydrogens is 433 g/mol. The molecule has 1 aliphatic heterocycles. The van der Waals surface area contributed by atoms with Gasteiger partial charge in [-0.25, -0.2) is 4.79 Å². The zero-order valence-corrected chi connectivity index (χ0v) is 19.1. The Kier molecular flexibility index (Phi) is 8.61. The van der Waals surface area contributed by atoms with Crippen LogP contribution in [0.15, 0.2) is 36.4 Å². The van der Waals surface area contributed by atoms with Crippen LogP contribution < -0.4 is 5.32 Å². The molecule has 29 heavy (non-hydrogen) atoms. The van der Waals surface area contributed by atoms with Crippen LogP contribution in [0.3, 0.4) is 0 Å². The molecule has 158 valence electrons. The van der Waals surface area contributed by atoms with E-state index in [0.29, 0.717) is 28.9 Å². The highest BCUT2D eigenvalue weighted by molar-refractivity contribution is 6.35. The highest BCUT2D eigenvalue weighted by Gasteiger charge is 2.27. The number of carbonyl (C=O) groups is 1. The van der Waals surface area contributed by atoms with Crippen LogP contribution in [0.4, 0.5) is 10.5 Å². The molecule has 1 unspecified atom stereocenters. The lowest BCUT2D eigenvalue weighted by Gasteiger charge is -2.33. The second-order valence-corrected chi connectivity index (χ2v) is 8.23. The lowest BCUT2D eigenvalue weighted by Crippen LogP contribution is -2.31. The Morgan fingerprint density at radius 3 is 2.59 bits per heavy atom. The van der Waals surface area contributed by atoms with Crippen molar-refractivity contribution >= 4 is 47.4 Å². The summed E-state index contributed by atoms with van der Waals surface area (Å²) in [6.07, 6.45) is -0.448. The molecule has 0 radical (unpaired) electrons. The van der Waals surface area contributed by atoms with Gasteiger partial charge >= 0.3 is 6.09 Å². The van der Waals surface area contributed by atoms with E-state index < -0.39 is 6.09 Å². The first-order chi connectivity index (χ1) is 13.3. The third kappa shape index (κ3) is 6.24. The van der Waals surface area contributed by atoms with Gasteiger partial charge in [-0.3, -0.25) is 5.32 Å². The van der Waals surface area contributed by atoms with E-state index in [4.69, 9.17) is 27.9 Å². The average molecular weight is 459 g/mol. The van der Waals surface area contributed by atoms with Crippen molar-refractivity contribution in [3.8, 4) is 0 Å². The minimum absolute atomic E-state index is 0. The Labute approximate surface area is 188 Å². The van der Waals surface area contributed by atoms with Crippen molar-refractivity contribution in [3.63, 3.8) is 0 Å². The van der Waals surface area contributed by atoms with E-state index in [1.165, 1.54) is 5.56 Å². The number of nitrogens with zero attached hydrogens (tertiary/aromatic N) is 2. The van der Waals surface area contributed by atoms with Gasteiger partial charge in [-0.15, -0.1) is 12.4 Å². The van der Waals surface area contributed by atoms with Gasteiger partial charge in [-0.2, -0.15) is 0 Å². The fourth-order valence-corrected chi connectivity index (χ4v) is 3.97. The van der Waals surface area contributed by atoms with Gasteiger partial charge in [-0.05, 0) is 62.1 Å². The number of anilines is 1. The zero-order chi connectivity index (χ0) is 20.3. The van der Waals surface area contributed by atoms with Crippen LogP contribution in [0.5, 0.6) is 0 Å². The number of carbonyl (C=O) groups excluding carboxylic acids is 1. The minimum atomic E-state index is -0.448. The van der Waals surface area contributed by atoms with Crippen LogP contribution in [0.1, 0.15) is 22.6 Å². The van der Waals surface area contributed by atoms with Crippen molar-refractivity contribution in [1.29, 1.82) is 0 Å². The van der Waals surface area contributed by atoms with Crippen LogP contribution in [0.2, 0.25) is 10.0 Å². The molecule has 0 bridgehead atoms. The number of halogens is 3. The molecule has 1 aliphatic rings. The van der Waals surface area contributed by atoms with Gasteiger partial charge in [0.25, 0.3) is 0 Å². The molecule has 0 aliphatic carbocycles. The Balaban J connectivity index is 0.00000300. The highest BCUT2D eigenvalue weighted by atomic mass is 35.5. The Hall–Kier alpha value is -1.50. The van der Waals surface area contributed by atoms with Crippen molar-refractivity contribution in [2.24, 2.45) is 0 Å². The summed E-state index contributed by atoms with van der Waals surface area (Å²) in [5.41, 5.74) is 4.14. The zero-order valence-electron chi connectivity index (χ0n) is 16.7. The molecule has 1 amide bonds. The summed E-state index contributed by atoms with van der Waals surface area (Å²) < 4.78 is 5.16. The summed E-state index contributed by atoms with van der Waals surface area (Å²) in [5, 5.41) is 4.12. The molecule has 1 N–H and O–H groups in total. The SMILES string of the molecule is CN(C)CCOC(=O)Nc1ccc(C2CN(C)Cc3c(Cl)cc(Cl)cc32)cc1.Cl. The number of amides is 1. The number of hydrogen-bond acceptors (Lipinski definition) is 4. The summed E-state index contributed by atoms with van der Waals surface area (Å²) in [4.78, 5) is 16.1. The average Bonchev–Trinajstić information content (AvgIpc) is 2.62. The van der Waals surface area contributed by atoms with E-state index in [0.717, 1.165) is 24.2 Å². The van der Waals surface area contributed by atoms with Crippen molar-refractivity contribution in [1.82, 2.24) is 9.80 Å². The molecule has 0 fully saturated rings. The Morgan fingerprint density at radius 1 is 1.24 bits per heavy atom. The number of fused-ring (bicyclic) bond motifs is 1. The molecule has 2 aromatic carbocycles. The van der Waals surface area contributed by atoms with Gasteiger partial charge in [0, 0.05) is 41.3 Å². The van der Waals surface area contributed by atoms with E-state index in [1.807, 2.05) is 49.3 Å². The van der Waals surface area contributed by atoms with Gasteiger partial charge < -0.3 is 14.5 Å². The summed E-state index contributed by atoms with van der Waals surface area (Å²) >= 11 is 12.7. The molecule has 1 heterocycles. The quantitative estimate of drug-likeness (QED) is 0.677. The molecule has 3 rings (SSSR count). The van der Waals surface area contributed by atoms with E-state index in [1.54, 1.807) is 6.07 Å². The number of likely N-dealkylation sites (N-methyl/N-ethyl adjacent to an activating group) is 2. The third-order valence-electron chi connectivity index (χ3n) is 4.82. The van der Waals surface area contributed by atoms with Gasteiger partial charge in [0.1, 0.15) is 6.61 Å². The summed E-state index contributed by atoms with van der Waals surface area (Å²) in [5.74, 6) is 0.172. The topological polar surface area (TPSA) is 44.8 Å². The van der Waals surface area contributed by atoms with Crippen molar-refractivity contribution in [2.45, 2.75) is 12.5 Å². The number of nitrogens with one attached hydrogen (secondary N) is 1. The first-order valence-electron chi connectivity index (χ1n) is 9.18. The predicted octanol–water partition coefficient (Wildman–Crippen LogP) is 5.10. The maximum absolute atomic E-state index is 11.9. The number of ether oxygens (including phenoxy) is 1. The number of benzene rings is 2. The first kappa shape index (κ1) is 23.8. The normalized spacial score (nSPS) is 16.1. The maximum atomic E-state index is 11.9. The van der Waals surface area contributed by atoms with Crippen LogP contribution >= 0.6 is 35.6 Å². The fraction of sp³-hybridized carbons (Fsp3) is 0.381. The van der Waals surface area contributed by atoms with Crippen LogP contribution in [-0.4, -0.2) is 56.7 Å². The van der Waals surface area contributed by atoms with Crippen LogP contribution in [0.25, 0.3) is 0 Å². The molecule has 2 aromatic rings. The van der Waals surface area contributed by atoms with Crippen molar-refractivity contribution < 1.29 is 9.53 Å². The lowest BCUT2D eigenvalue weighted by atomic mass is 9.85. The van der Waals surface area contributed by atoms with E-state index >= 15 is 0 Å². The minimum Gasteiger partial charge on any atom is -0.448 e. The summed E-state index contributed by atoms with van der Waals surface area (Å²) in [6.45, 7) is 2.72. The van der Waals surface area contributed by atoms with Crippen molar-refractivity contribution in [2.75, 3.05) is 46.2 Å². The van der Waals surface area contributed by atoms with Gasteiger partial charge in [0.2, 0.25) is 0 Å². The second kappa shape index (κ2) is 10.5. The fourth-order valence-electron chi connectivity index (χ4n) is 3.40. The van der Waals surface area contributed by atoms with Crippen LogP contribution in [-0.2, 0) is 11.3 Å². The largest absolute Gasteiger partial charge is 0.448 e. The first-order valence-corrected chi connectivity index (χ1v) is 9.94. The smallest absolute Gasteiger partial charge is 0.411 e. The maximum Gasteiger partial charge on any atom is 0.411 e. The Bertz CT molecular complexity index is 844. The predicted molar refractivity (Wildman–Crippen MR) is 122 cm³/mol. The third-order valence-corrected chi connectivity index (χ3v) is 5.38. The van der Waals surface area contributed by atoms with Crippen LogP contribution in [0, 0.1) is 0 Å². The molecule has 0 saturated heterocycles. The monoisotopic (exact) mass is 457 g/mol. The standard InChI is InChI=1S/C21H25Cl2N3O2.ClH/c1-25(2)8-9-28-21(27)24-16-6-4-14(5-7-16)18-12-26(3)13-19-17(18)10-15(22)11-20(19)23;/h4-7,10-11,18H,8-9,12-13H2,1-3H3,(H,24,27);1H. The number of hydrogen-bond donors (Lipinski definition) is 1. The molecule has 0 spiro atoms. The molecule has 0 saturated carbocycles. The summed E-state index contributed by atoms with van der Waals surface area (Å²) in [7, 11) is 5.95.